The first kappa shape index (κ1) is 18.6. The maximum absolute atomic E-state index is 13.3. The van der Waals surface area contributed by atoms with E-state index < -0.39 is 6.10 Å². The molecule has 28 heavy (non-hydrogen) atoms. The fraction of sp³-hybridized carbons (Fsp3) is 0.292. The van der Waals surface area contributed by atoms with E-state index in [1.807, 2.05) is 42.1 Å². The Morgan fingerprint density at radius 3 is 2.64 bits per heavy atom. The van der Waals surface area contributed by atoms with E-state index >= 15 is 0 Å². The molecule has 1 aliphatic rings. The van der Waals surface area contributed by atoms with E-state index in [9.17, 15) is 9.50 Å². The minimum Gasteiger partial charge on any atom is -0.388 e. The van der Waals surface area contributed by atoms with Crippen molar-refractivity contribution in [2.24, 2.45) is 5.41 Å². The van der Waals surface area contributed by atoms with E-state index in [2.05, 4.69) is 25.0 Å². The van der Waals surface area contributed by atoms with Gasteiger partial charge in [-0.05, 0) is 73.6 Å². The SMILES string of the molecule is CC1=Cc2c(cnn2-c2ccc(F)cc2)C[C@@]1(C)CC(O)c1cccc(C)c1. The van der Waals surface area contributed by atoms with Crippen molar-refractivity contribution in [3.05, 3.63) is 88.5 Å². The molecule has 0 fully saturated rings. The molecule has 1 N–H and O–H groups in total. The van der Waals surface area contributed by atoms with Crippen LogP contribution < -0.4 is 0 Å². The van der Waals surface area contributed by atoms with Gasteiger partial charge in [-0.15, -0.1) is 0 Å². The number of fused-ring (bicyclic) bond motifs is 1. The van der Waals surface area contributed by atoms with Crippen molar-refractivity contribution in [1.29, 1.82) is 0 Å². The lowest BCUT2D eigenvalue weighted by molar-refractivity contribution is 0.121. The Kier molecular flexibility index (Phi) is 4.68. The molecule has 1 aromatic heterocycles. The van der Waals surface area contributed by atoms with Gasteiger partial charge < -0.3 is 5.11 Å². The molecular formula is C24H25FN2O. The van der Waals surface area contributed by atoms with E-state index in [-0.39, 0.29) is 11.2 Å². The Morgan fingerprint density at radius 2 is 1.93 bits per heavy atom. The Labute approximate surface area is 165 Å². The molecule has 144 valence electrons. The molecule has 2 aromatic carbocycles. The van der Waals surface area contributed by atoms with Crippen molar-refractivity contribution < 1.29 is 9.50 Å². The third-order valence-electron chi connectivity index (χ3n) is 5.91. The molecule has 1 heterocycles. The molecule has 0 aliphatic heterocycles. The van der Waals surface area contributed by atoms with Crippen LogP contribution in [0, 0.1) is 18.2 Å². The number of rotatable bonds is 4. The smallest absolute Gasteiger partial charge is 0.123 e. The van der Waals surface area contributed by atoms with Crippen LogP contribution in [0.3, 0.4) is 0 Å². The summed E-state index contributed by atoms with van der Waals surface area (Å²) in [7, 11) is 0. The number of hydrogen-bond donors (Lipinski definition) is 1. The summed E-state index contributed by atoms with van der Waals surface area (Å²) in [6.07, 6.45) is 4.99. The Hall–Kier alpha value is -2.72. The average Bonchev–Trinajstić information content (AvgIpc) is 3.05. The first-order valence-corrected chi connectivity index (χ1v) is 9.62. The highest BCUT2D eigenvalue weighted by Gasteiger charge is 2.35. The molecule has 0 spiro atoms. The molecule has 3 nitrogen and oxygen atoms in total. The lowest BCUT2D eigenvalue weighted by Crippen LogP contribution is -2.27. The maximum atomic E-state index is 13.3. The zero-order valence-corrected chi connectivity index (χ0v) is 16.5. The van der Waals surface area contributed by atoms with Gasteiger partial charge in [0.05, 0.1) is 23.7 Å². The van der Waals surface area contributed by atoms with E-state index in [4.69, 9.17) is 0 Å². The van der Waals surface area contributed by atoms with Gasteiger partial charge in [-0.25, -0.2) is 9.07 Å². The number of aromatic nitrogens is 2. The number of aliphatic hydroxyl groups is 1. The number of aliphatic hydroxyl groups excluding tert-OH is 1. The van der Waals surface area contributed by atoms with E-state index in [1.165, 1.54) is 17.7 Å². The molecule has 3 aromatic rings. The predicted molar refractivity (Wildman–Crippen MR) is 110 cm³/mol. The van der Waals surface area contributed by atoms with Crippen molar-refractivity contribution in [2.45, 2.75) is 39.7 Å². The number of aryl methyl sites for hydroxylation is 1. The molecule has 4 heteroatoms. The highest BCUT2D eigenvalue weighted by Crippen LogP contribution is 2.44. The van der Waals surface area contributed by atoms with Gasteiger partial charge in [0.2, 0.25) is 0 Å². The molecular weight excluding hydrogens is 351 g/mol. The summed E-state index contributed by atoms with van der Waals surface area (Å²) in [5, 5.41) is 15.4. The summed E-state index contributed by atoms with van der Waals surface area (Å²) in [6.45, 7) is 6.36. The fourth-order valence-electron chi connectivity index (χ4n) is 4.06. The summed E-state index contributed by atoms with van der Waals surface area (Å²) >= 11 is 0. The molecule has 1 unspecified atom stereocenters. The third-order valence-corrected chi connectivity index (χ3v) is 5.91. The molecule has 1 aliphatic carbocycles. The van der Waals surface area contributed by atoms with Gasteiger partial charge in [0, 0.05) is 0 Å². The number of nitrogens with zero attached hydrogens (tertiary/aromatic N) is 2. The summed E-state index contributed by atoms with van der Waals surface area (Å²) in [5.41, 5.74) is 6.21. The lowest BCUT2D eigenvalue weighted by atomic mass is 9.70. The molecule has 0 saturated heterocycles. The van der Waals surface area contributed by atoms with Crippen molar-refractivity contribution in [1.82, 2.24) is 9.78 Å². The molecule has 0 saturated carbocycles. The second-order valence-electron chi connectivity index (χ2n) is 8.14. The highest BCUT2D eigenvalue weighted by molar-refractivity contribution is 5.60. The van der Waals surface area contributed by atoms with E-state index in [0.717, 1.165) is 34.5 Å². The normalized spacial score (nSPS) is 19.8. The van der Waals surface area contributed by atoms with Crippen LogP contribution in [0.1, 0.15) is 48.8 Å². The van der Waals surface area contributed by atoms with Gasteiger partial charge in [0.15, 0.2) is 0 Å². The van der Waals surface area contributed by atoms with Crippen LogP contribution in [0.15, 0.2) is 60.3 Å². The molecule has 0 radical (unpaired) electrons. The molecule has 4 rings (SSSR count). The van der Waals surface area contributed by atoms with Crippen LogP contribution in [0.5, 0.6) is 0 Å². The van der Waals surface area contributed by atoms with E-state index in [1.54, 1.807) is 12.1 Å². The van der Waals surface area contributed by atoms with Gasteiger partial charge >= 0.3 is 0 Å². The first-order chi connectivity index (χ1) is 13.4. The Balaban J connectivity index is 1.62. The Morgan fingerprint density at radius 1 is 1.18 bits per heavy atom. The van der Waals surface area contributed by atoms with Gasteiger partial charge in [-0.2, -0.15) is 5.10 Å². The van der Waals surface area contributed by atoms with Gasteiger partial charge in [0.1, 0.15) is 5.82 Å². The zero-order valence-electron chi connectivity index (χ0n) is 16.5. The summed E-state index contributed by atoms with van der Waals surface area (Å²) in [6, 6.07) is 14.4. The number of allylic oxidation sites excluding steroid dienone is 1. The van der Waals surface area contributed by atoms with Crippen LogP contribution in [-0.2, 0) is 6.42 Å². The van der Waals surface area contributed by atoms with Crippen molar-refractivity contribution in [2.75, 3.05) is 0 Å². The summed E-state index contributed by atoms with van der Waals surface area (Å²) < 4.78 is 15.1. The molecule has 0 amide bonds. The van der Waals surface area contributed by atoms with Crippen LogP contribution in [0.4, 0.5) is 4.39 Å². The third kappa shape index (κ3) is 3.40. The van der Waals surface area contributed by atoms with Crippen LogP contribution >= 0.6 is 0 Å². The minimum absolute atomic E-state index is 0.146. The summed E-state index contributed by atoms with van der Waals surface area (Å²) in [4.78, 5) is 0. The minimum atomic E-state index is -0.512. The Bertz CT molecular complexity index is 1040. The van der Waals surface area contributed by atoms with Crippen LogP contribution in [0.25, 0.3) is 11.8 Å². The van der Waals surface area contributed by atoms with Gasteiger partial charge in [-0.3, -0.25) is 0 Å². The number of benzene rings is 2. The predicted octanol–water partition coefficient (Wildman–Crippen LogP) is 5.41. The van der Waals surface area contributed by atoms with E-state index in [0.29, 0.717) is 6.42 Å². The zero-order chi connectivity index (χ0) is 19.9. The largest absolute Gasteiger partial charge is 0.388 e. The molecule has 0 bridgehead atoms. The maximum Gasteiger partial charge on any atom is 0.123 e. The second-order valence-corrected chi connectivity index (χ2v) is 8.14. The number of halogens is 1. The molecule has 2 atom stereocenters. The van der Waals surface area contributed by atoms with Gasteiger partial charge in [0.25, 0.3) is 0 Å². The quantitative estimate of drug-likeness (QED) is 0.661. The van der Waals surface area contributed by atoms with Gasteiger partial charge in [-0.1, -0.05) is 42.3 Å². The van der Waals surface area contributed by atoms with Crippen molar-refractivity contribution in [3.63, 3.8) is 0 Å². The topological polar surface area (TPSA) is 38.0 Å². The fourth-order valence-corrected chi connectivity index (χ4v) is 4.06. The van der Waals surface area contributed by atoms with Crippen LogP contribution in [0.2, 0.25) is 0 Å². The second kappa shape index (κ2) is 7.02. The standard InChI is InChI=1S/C24H25FN2O/c1-16-5-4-6-18(11-16)23(28)14-24(3)13-19-15-26-27(22(19)12-17(24)2)21-9-7-20(25)8-10-21/h4-12,15,23,28H,13-14H2,1-3H3/t23?,24-/m0/s1. The first-order valence-electron chi connectivity index (χ1n) is 9.62. The highest BCUT2D eigenvalue weighted by atomic mass is 19.1. The van der Waals surface area contributed by atoms with Crippen molar-refractivity contribution in [3.8, 4) is 5.69 Å². The summed E-state index contributed by atoms with van der Waals surface area (Å²) in [5.74, 6) is -0.255. The average molecular weight is 376 g/mol. The lowest BCUT2D eigenvalue weighted by Gasteiger charge is -2.36. The van der Waals surface area contributed by atoms with Crippen LogP contribution in [-0.4, -0.2) is 14.9 Å². The number of hydrogen-bond acceptors (Lipinski definition) is 2. The van der Waals surface area contributed by atoms with Crippen molar-refractivity contribution >= 4 is 6.08 Å². The monoisotopic (exact) mass is 376 g/mol.